The molecule has 0 spiro atoms. The van der Waals surface area contributed by atoms with Crippen molar-refractivity contribution < 1.29 is 23.9 Å². The first kappa shape index (κ1) is 23.0. The fourth-order valence-electron chi connectivity index (χ4n) is 3.73. The quantitative estimate of drug-likeness (QED) is 0.305. The highest BCUT2D eigenvalue weighted by atomic mass is 32.2. The highest BCUT2D eigenvalue weighted by molar-refractivity contribution is 7.99. The zero-order valence-corrected chi connectivity index (χ0v) is 19.7. The van der Waals surface area contributed by atoms with Gasteiger partial charge < -0.3 is 20.5 Å². The van der Waals surface area contributed by atoms with E-state index in [1.54, 1.807) is 11.3 Å². The summed E-state index contributed by atoms with van der Waals surface area (Å²) in [5.41, 5.74) is 7.99. The molecule has 2 heterocycles. The second kappa shape index (κ2) is 9.75. The number of ether oxygens (including phenoxy) is 2. The smallest absolute Gasteiger partial charge is 0.337 e. The number of hydrogen-bond donors (Lipinski definition) is 2. The number of carbonyl (C=O) groups is 3. The van der Waals surface area contributed by atoms with Gasteiger partial charge in [0.2, 0.25) is 5.91 Å². The predicted octanol–water partition coefficient (Wildman–Crippen LogP) is 3.46. The molecule has 172 valence electrons. The standard InChI is InChI=1S/C22H22N4O5S2/c1-30-20(28)11-7-12(21(29)31-2)9-13(8-11)24-16(27)10-32-22-25-18(23)17-14-5-3-4-6-15(14)33-19(17)26-22/h7-9H,3-6,10H2,1-2H3,(H,24,27)(H2,23,25,26). The number of benzene rings is 1. The molecule has 3 N–H and O–H groups in total. The Labute approximate surface area is 198 Å². The van der Waals surface area contributed by atoms with Gasteiger partial charge in [-0.1, -0.05) is 11.8 Å². The number of anilines is 2. The Morgan fingerprint density at radius 2 is 1.73 bits per heavy atom. The summed E-state index contributed by atoms with van der Waals surface area (Å²) in [5.74, 6) is -1.17. The molecule has 33 heavy (non-hydrogen) atoms. The van der Waals surface area contributed by atoms with Gasteiger partial charge >= 0.3 is 11.9 Å². The van der Waals surface area contributed by atoms with Crippen LogP contribution >= 0.6 is 23.1 Å². The van der Waals surface area contributed by atoms with E-state index in [1.165, 1.54) is 49.3 Å². The van der Waals surface area contributed by atoms with Crippen molar-refractivity contribution in [2.75, 3.05) is 31.0 Å². The molecule has 3 aromatic rings. The van der Waals surface area contributed by atoms with Gasteiger partial charge in [0.1, 0.15) is 10.6 Å². The molecule has 0 unspecified atom stereocenters. The highest BCUT2D eigenvalue weighted by Crippen LogP contribution is 2.38. The van der Waals surface area contributed by atoms with Gasteiger partial charge in [-0.15, -0.1) is 11.3 Å². The number of carbonyl (C=O) groups excluding carboxylic acids is 3. The maximum atomic E-state index is 12.5. The Hall–Kier alpha value is -3.18. The van der Waals surface area contributed by atoms with E-state index in [-0.39, 0.29) is 28.5 Å². The largest absolute Gasteiger partial charge is 0.465 e. The lowest BCUT2D eigenvalue weighted by Crippen LogP contribution is -2.16. The van der Waals surface area contributed by atoms with Crippen LogP contribution in [0.25, 0.3) is 10.2 Å². The number of methoxy groups -OCH3 is 2. The van der Waals surface area contributed by atoms with E-state index in [4.69, 9.17) is 15.2 Å². The van der Waals surface area contributed by atoms with Crippen LogP contribution in [0.2, 0.25) is 0 Å². The van der Waals surface area contributed by atoms with E-state index in [0.29, 0.717) is 11.0 Å². The van der Waals surface area contributed by atoms with Crippen molar-refractivity contribution in [3.63, 3.8) is 0 Å². The number of nitrogens with zero attached hydrogens (tertiary/aromatic N) is 2. The first-order chi connectivity index (χ1) is 15.9. The molecule has 0 saturated heterocycles. The maximum absolute atomic E-state index is 12.5. The summed E-state index contributed by atoms with van der Waals surface area (Å²) >= 11 is 2.81. The number of amides is 1. The Morgan fingerprint density at radius 3 is 2.39 bits per heavy atom. The van der Waals surface area contributed by atoms with Crippen LogP contribution in [0.5, 0.6) is 0 Å². The molecular formula is C22H22N4O5S2. The van der Waals surface area contributed by atoms with E-state index in [1.807, 2.05) is 0 Å². The molecule has 0 fully saturated rings. The summed E-state index contributed by atoms with van der Waals surface area (Å²) in [5, 5.41) is 4.05. The molecule has 0 radical (unpaired) electrons. The number of esters is 2. The molecule has 1 aromatic carbocycles. The lowest BCUT2D eigenvalue weighted by Gasteiger charge is -2.11. The number of fused-ring (bicyclic) bond motifs is 3. The highest BCUT2D eigenvalue weighted by Gasteiger charge is 2.21. The number of thioether (sulfide) groups is 1. The predicted molar refractivity (Wildman–Crippen MR) is 127 cm³/mol. The minimum atomic E-state index is -0.638. The van der Waals surface area contributed by atoms with E-state index in [9.17, 15) is 14.4 Å². The van der Waals surface area contributed by atoms with Crippen molar-refractivity contribution >= 4 is 62.7 Å². The Bertz CT molecular complexity index is 1220. The average Bonchev–Trinajstić information content (AvgIpc) is 3.20. The average molecular weight is 487 g/mol. The molecule has 0 saturated carbocycles. The number of nitrogen functional groups attached to an aromatic ring is 1. The summed E-state index contributed by atoms with van der Waals surface area (Å²) in [6, 6.07) is 4.20. The van der Waals surface area contributed by atoms with Gasteiger partial charge in [-0.25, -0.2) is 19.6 Å². The van der Waals surface area contributed by atoms with Gasteiger partial charge in [-0.3, -0.25) is 4.79 Å². The van der Waals surface area contributed by atoms with Crippen molar-refractivity contribution in [3.8, 4) is 0 Å². The molecule has 0 atom stereocenters. The Kier molecular flexibility index (Phi) is 6.80. The van der Waals surface area contributed by atoms with Crippen molar-refractivity contribution in [1.82, 2.24) is 9.97 Å². The minimum Gasteiger partial charge on any atom is -0.465 e. The molecular weight excluding hydrogens is 464 g/mol. The van der Waals surface area contributed by atoms with Crippen LogP contribution in [0.15, 0.2) is 23.4 Å². The van der Waals surface area contributed by atoms with E-state index in [2.05, 4.69) is 15.3 Å². The lowest BCUT2D eigenvalue weighted by atomic mass is 9.97. The van der Waals surface area contributed by atoms with Crippen LogP contribution < -0.4 is 11.1 Å². The van der Waals surface area contributed by atoms with Gasteiger partial charge in [0.25, 0.3) is 0 Å². The third-order valence-corrected chi connectivity index (χ3v) is 7.25. The monoisotopic (exact) mass is 486 g/mol. The van der Waals surface area contributed by atoms with Crippen molar-refractivity contribution in [1.29, 1.82) is 0 Å². The first-order valence-corrected chi connectivity index (χ1v) is 12.0. The van der Waals surface area contributed by atoms with Crippen molar-refractivity contribution in [3.05, 3.63) is 39.8 Å². The van der Waals surface area contributed by atoms with Crippen LogP contribution in [-0.2, 0) is 27.1 Å². The SMILES string of the molecule is COC(=O)c1cc(NC(=O)CSc2nc(N)c3c4c(sc3n2)CCCC4)cc(C(=O)OC)c1. The van der Waals surface area contributed by atoms with E-state index < -0.39 is 11.9 Å². The molecule has 0 aliphatic heterocycles. The zero-order valence-electron chi connectivity index (χ0n) is 18.1. The summed E-state index contributed by atoms with van der Waals surface area (Å²) in [6.07, 6.45) is 4.35. The molecule has 2 aromatic heterocycles. The van der Waals surface area contributed by atoms with Gasteiger partial charge in [0.15, 0.2) is 5.16 Å². The Morgan fingerprint density at radius 1 is 1.06 bits per heavy atom. The molecule has 1 amide bonds. The lowest BCUT2D eigenvalue weighted by molar-refractivity contribution is -0.113. The van der Waals surface area contributed by atoms with E-state index >= 15 is 0 Å². The van der Waals surface area contributed by atoms with Crippen LogP contribution in [0, 0.1) is 0 Å². The molecule has 1 aliphatic carbocycles. The zero-order chi connectivity index (χ0) is 23.5. The summed E-state index contributed by atoms with van der Waals surface area (Å²) in [7, 11) is 2.46. The fourth-order valence-corrected chi connectivity index (χ4v) is 5.71. The van der Waals surface area contributed by atoms with Crippen molar-refractivity contribution in [2.45, 2.75) is 30.8 Å². The van der Waals surface area contributed by atoms with E-state index in [0.717, 1.165) is 41.2 Å². The summed E-state index contributed by atoms with van der Waals surface area (Å²) in [4.78, 5) is 47.6. The number of nitrogens with one attached hydrogen (secondary N) is 1. The van der Waals surface area contributed by atoms with Crippen LogP contribution in [-0.4, -0.2) is 47.8 Å². The molecule has 4 rings (SSSR count). The normalized spacial score (nSPS) is 12.8. The number of hydrogen-bond acceptors (Lipinski definition) is 10. The van der Waals surface area contributed by atoms with Crippen LogP contribution in [0.3, 0.4) is 0 Å². The molecule has 9 nitrogen and oxygen atoms in total. The summed E-state index contributed by atoms with van der Waals surface area (Å²) < 4.78 is 9.42. The molecule has 0 bridgehead atoms. The fraction of sp³-hybridized carbons (Fsp3) is 0.318. The topological polar surface area (TPSA) is 133 Å². The number of thiophene rings is 1. The third-order valence-electron chi connectivity index (χ3n) is 5.21. The number of aryl methyl sites for hydroxylation is 2. The van der Waals surface area contributed by atoms with Gasteiger partial charge in [-0.2, -0.15) is 0 Å². The maximum Gasteiger partial charge on any atom is 0.337 e. The van der Waals surface area contributed by atoms with Crippen LogP contribution in [0.1, 0.15) is 44.0 Å². The first-order valence-electron chi connectivity index (χ1n) is 10.2. The minimum absolute atomic E-state index is 0.0199. The summed E-state index contributed by atoms with van der Waals surface area (Å²) in [6.45, 7) is 0. The Balaban J connectivity index is 1.49. The second-order valence-electron chi connectivity index (χ2n) is 7.40. The van der Waals surface area contributed by atoms with Crippen LogP contribution in [0.4, 0.5) is 11.5 Å². The third kappa shape index (κ3) is 4.93. The number of aromatic nitrogens is 2. The van der Waals surface area contributed by atoms with Crippen molar-refractivity contribution in [2.24, 2.45) is 0 Å². The molecule has 11 heteroatoms. The van der Waals surface area contributed by atoms with Gasteiger partial charge in [-0.05, 0) is 49.4 Å². The number of nitrogens with two attached hydrogens (primary N) is 1. The number of rotatable bonds is 6. The van der Waals surface area contributed by atoms with Gasteiger partial charge in [0.05, 0.1) is 36.5 Å². The van der Waals surface area contributed by atoms with Gasteiger partial charge in [0, 0.05) is 10.6 Å². The molecule has 1 aliphatic rings. The second-order valence-corrected chi connectivity index (χ2v) is 9.43.